The van der Waals surface area contributed by atoms with Crippen molar-refractivity contribution in [1.29, 1.82) is 0 Å². The Kier molecular flexibility index (Phi) is 4.72. The molecule has 3 aromatic rings. The molecule has 1 aromatic carbocycles. The van der Waals surface area contributed by atoms with Crippen LogP contribution in [0.3, 0.4) is 0 Å². The molecule has 1 aliphatic heterocycles. The highest BCUT2D eigenvalue weighted by atomic mass is 16.5. The summed E-state index contributed by atoms with van der Waals surface area (Å²) in [6.45, 7) is 2.60. The van der Waals surface area contributed by atoms with Gasteiger partial charge in [-0.1, -0.05) is 6.07 Å². The number of aromatic amines is 1. The fourth-order valence-electron chi connectivity index (χ4n) is 4.15. The molecule has 6 nitrogen and oxygen atoms in total. The topological polar surface area (TPSA) is 87.2 Å². The minimum Gasteiger partial charge on any atom is -0.507 e. The van der Waals surface area contributed by atoms with Gasteiger partial charge in [0.2, 0.25) is 5.56 Å². The Morgan fingerprint density at radius 3 is 2.72 bits per heavy atom. The average Bonchev–Trinajstić information content (AvgIpc) is 3.56. The van der Waals surface area contributed by atoms with Crippen LogP contribution in [0.15, 0.2) is 41.2 Å². The van der Waals surface area contributed by atoms with Gasteiger partial charge in [-0.2, -0.15) is 0 Å². The van der Waals surface area contributed by atoms with E-state index in [1.165, 1.54) is 18.4 Å². The summed E-state index contributed by atoms with van der Waals surface area (Å²) in [6.07, 6.45) is 4.46. The van der Waals surface area contributed by atoms with Gasteiger partial charge in [0.15, 0.2) is 0 Å². The molecule has 3 heterocycles. The highest BCUT2D eigenvalue weighted by Gasteiger charge is 2.25. The molecule has 5 rings (SSSR count). The molecule has 0 bridgehead atoms. The molecule has 150 valence electrons. The number of nitrogens with one attached hydrogen (secondary N) is 2. The van der Waals surface area contributed by atoms with Crippen LogP contribution in [0.4, 0.5) is 0 Å². The molecule has 0 atom stereocenters. The summed E-state index contributed by atoms with van der Waals surface area (Å²) in [5, 5.41) is 15.0. The standard InChI is InChI=1S/C23H25N3O3/c27-19-2-1-3-20(29-13-14-4-5-14)22(19)18-12-17(15-8-10-24-11-9-15)16-6-7-21(28)26-23(16)25-18/h1-3,6-7,12,14-15,24,27H,4-5,8-11,13H2,(H,25,26,28). The number of benzene rings is 1. The molecule has 0 spiro atoms. The fraction of sp³-hybridized carbons (Fsp3) is 0.391. The van der Waals surface area contributed by atoms with Crippen molar-refractivity contribution in [2.45, 2.75) is 31.6 Å². The summed E-state index contributed by atoms with van der Waals surface area (Å²) < 4.78 is 6.04. The number of phenols is 1. The van der Waals surface area contributed by atoms with Gasteiger partial charge >= 0.3 is 0 Å². The molecule has 0 radical (unpaired) electrons. The maximum absolute atomic E-state index is 12.0. The molecular weight excluding hydrogens is 366 g/mol. The molecule has 29 heavy (non-hydrogen) atoms. The summed E-state index contributed by atoms with van der Waals surface area (Å²) >= 11 is 0. The first kappa shape index (κ1) is 18.2. The predicted molar refractivity (Wildman–Crippen MR) is 113 cm³/mol. The number of ether oxygens (including phenoxy) is 1. The zero-order valence-corrected chi connectivity index (χ0v) is 16.3. The first-order chi connectivity index (χ1) is 14.2. The number of hydrogen-bond acceptors (Lipinski definition) is 5. The summed E-state index contributed by atoms with van der Waals surface area (Å²) in [4.78, 5) is 19.5. The molecule has 3 N–H and O–H groups in total. The molecular formula is C23H25N3O3. The van der Waals surface area contributed by atoms with E-state index in [0.29, 0.717) is 41.1 Å². The van der Waals surface area contributed by atoms with Crippen LogP contribution >= 0.6 is 0 Å². The van der Waals surface area contributed by atoms with Crippen LogP contribution in [-0.2, 0) is 0 Å². The minimum atomic E-state index is -0.180. The monoisotopic (exact) mass is 391 g/mol. The number of pyridine rings is 2. The number of aromatic hydroxyl groups is 1. The maximum Gasteiger partial charge on any atom is 0.249 e. The van der Waals surface area contributed by atoms with Crippen molar-refractivity contribution in [2.75, 3.05) is 19.7 Å². The second kappa shape index (κ2) is 7.52. The predicted octanol–water partition coefficient (Wildman–Crippen LogP) is 3.55. The smallest absolute Gasteiger partial charge is 0.249 e. The van der Waals surface area contributed by atoms with Gasteiger partial charge in [0, 0.05) is 11.5 Å². The fourth-order valence-corrected chi connectivity index (χ4v) is 4.15. The van der Waals surface area contributed by atoms with Crippen LogP contribution in [0.2, 0.25) is 0 Å². The highest BCUT2D eigenvalue weighted by molar-refractivity contribution is 5.85. The van der Waals surface area contributed by atoms with Crippen molar-refractivity contribution in [2.24, 2.45) is 5.92 Å². The van der Waals surface area contributed by atoms with Crippen LogP contribution in [0.25, 0.3) is 22.3 Å². The quantitative estimate of drug-likeness (QED) is 0.619. The third kappa shape index (κ3) is 3.72. The maximum atomic E-state index is 12.0. The van der Waals surface area contributed by atoms with E-state index in [1.807, 2.05) is 12.1 Å². The van der Waals surface area contributed by atoms with E-state index in [1.54, 1.807) is 18.2 Å². The molecule has 2 fully saturated rings. The number of piperidine rings is 1. The minimum absolute atomic E-state index is 0.139. The molecule has 1 aliphatic carbocycles. The van der Waals surface area contributed by atoms with Crippen molar-refractivity contribution in [3.63, 3.8) is 0 Å². The summed E-state index contributed by atoms with van der Waals surface area (Å²) in [5.41, 5.74) is 2.77. The van der Waals surface area contributed by atoms with Gasteiger partial charge in [-0.25, -0.2) is 4.98 Å². The molecule has 6 heteroatoms. The number of aromatic nitrogens is 2. The van der Waals surface area contributed by atoms with Gasteiger partial charge in [-0.15, -0.1) is 0 Å². The van der Waals surface area contributed by atoms with Crippen molar-refractivity contribution in [3.8, 4) is 22.8 Å². The third-order valence-corrected chi connectivity index (χ3v) is 5.94. The Balaban J connectivity index is 1.66. The molecule has 0 amide bonds. The van der Waals surface area contributed by atoms with Gasteiger partial charge in [-0.05, 0) is 80.4 Å². The number of H-pyrrole nitrogens is 1. The number of nitrogens with zero attached hydrogens (tertiary/aromatic N) is 1. The van der Waals surface area contributed by atoms with Crippen LogP contribution in [0, 0.1) is 5.92 Å². The lowest BCUT2D eigenvalue weighted by molar-refractivity contribution is 0.299. The number of fused-ring (bicyclic) bond motifs is 1. The Morgan fingerprint density at radius 1 is 1.10 bits per heavy atom. The average molecular weight is 391 g/mol. The van der Waals surface area contributed by atoms with Gasteiger partial charge < -0.3 is 20.1 Å². The van der Waals surface area contributed by atoms with Crippen LogP contribution in [0.1, 0.15) is 37.2 Å². The van der Waals surface area contributed by atoms with E-state index in [0.717, 1.165) is 31.3 Å². The Labute approximate surface area is 169 Å². The van der Waals surface area contributed by atoms with E-state index in [4.69, 9.17) is 9.72 Å². The highest BCUT2D eigenvalue weighted by Crippen LogP contribution is 2.41. The number of rotatable bonds is 5. The molecule has 2 aromatic heterocycles. The van der Waals surface area contributed by atoms with E-state index >= 15 is 0 Å². The van der Waals surface area contributed by atoms with Gasteiger partial charge in [0.1, 0.15) is 17.1 Å². The van der Waals surface area contributed by atoms with Crippen molar-refractivity contribution < 1.29 is 9.84 Å². The SMILES string of the molecule is O=c1ccc2c(C3CCNCC3)cc(-c3c(O)cccc3OCC3CC3)nc2[nH]1. The molecule has 2 aliphatic rings. The first-order valence-corrected chi connectivity index (χ1v) is 10.4. The van der Waals surface area contributed by atoms with E-state index < -0.39 is 0 Å². The summed E-state index contributed by atoms with van der Waals surface area (Å²) in [7, 11) is 0. The van der Waals surface area contributed by atoms with Crippen LogP contribution in [0.5, 0.6) is 11.5 Å². The first-order valence-electron chi connectivity index (χ1n) is 10.4. The van der Waals surface area contributed by atoms with Crippen molar-refractivity contribution in [3.05, 3.63) is 52.3 Å². The molecule has 1 saturated carbocycles. The molecule has 1 saturated heterocycles. The van der Waals surface area contributed by atoms with Gasteiger partial charge in [0.25, 0.3) is 0 Å². The lowest BCUT2D eigenvalue weighted by Crippen LogP contribution is -2.26. The second-order valence-electron chi connectivity index (χ2n) is 8.11. The van der Waals surface area contributed by atoms with Gasteiger partial charge in [-0.3, -0.25) is 4.79 Å². The second-order valence-corrected chi connectivity index (χ2v) is 8.11. The Hall–Kier alpha value is -2.86. The van der Waals surface area contributed by atoms with Crippen LogP contribution < -0.4 is 15.6 Å². The van der Waals surface area contributed by atoms with Gasteiger partial charge in [0.05, 0.1) is 17.9 Å². The normalized spacial score (nSPS) is 17.5. The van der Waals surface area contributed by atoms with E-state index in [9.17, 15) is 9.90 Å². The zero-order valence-electron chi connectivity index (χ0n) is 16.3. The largest absolute Gasteiger partial charge is 0.507 e. The Bertz CT molecular complexity index is 1100. The third-order valence-electron chi connectivity index (χ3n) is 5.94. The van der Waals surface area contributed by atoms with Crippen molar-refractivity contribution in [1.82, 2.24) is 15.3 Å². The lowest BCUT2D eigenvalue weighted by Gasteiger charge is -2.25. The Morgan fingerprint density at radius 2 is 1.93 bits per heavy atom. The molecule has 0 unspecified atom stereocenters. The van der Waals surface area contributed by atoms with E-state index in [2.05, 4.69) is 16.4 Å². The van der Waals surface area contributed by atoms with Crippen molar-refractivity contribution >= 4 is 11.0 Å². The summed E-state index contributed by atoms with van der Waals surface area (Å²) in [6, 6.07) is 10.8. The van der Waals surface area contributed by atoms with E-state index in [-0.39, 0.29) is 11.3 Å². The summed E-state index contributed by atoms with van der Waals surface area (Å²) in [5.74, 6) is 1.77. The number of phenolic OH excluding ortho intramolecular Hbond substituents is 1. The van der Waals surface area contributed by atoms with Crippen LogP contribution in [-0.4, -0.2) is 34.8 Å². The number of hydrogen-bond donors (Lipinski definition) is 3. The lowest BCUT2D eigenvalue weighted by atomic mass is 9.87. The zero-order chi connectivity index (χ0) is 19.8.